The van der Waals surface area contributed by atoms with Crippen molar-refractivity contribution in [2.24, 2.45) is 0 Å². The maximum Gasteiger partial charge on any atom is 0.185 e. The molecule has 0 N–H and O–H groups in total. The Morgan fingerprint density at radius 2 is 1.40 bits per heavy atom. The summed E-state index contributed by atoms with van der Waals surface area (Å²) < 4.78 is 7.57. The zero-order valence-electron chi connectivity index (χ0n) is 15.8. The van der Waals surface area contributed by atoms with Gasteiger partial charge in [-0.25, -0.2) is 0 Å². The van der Waals surface area contributed by atoms with Crippen LogP contribution in [0.2, 0.25) is 0 Å². The molecule has 5 aromatic rings. The molecule has 2 aromatic heterocycles. The molecule has 30 heavy (non-hydrogen) atoms. The third-order valence-corrected chi connectivity index (χ3v) is 4.66. The first kappa shape index (κ1) is 17.6. The number of fused-ring (bicyclic) bond motifs is 1. The van der Waals surface area contributed by atoms with Gasteiger partial charge >= 0.3 is 0 Å². The third-order valence-electron chi connectivity index (χ3n) is 4.66. The van der Waals surface area contributed by atoms with Crippen LogP contribution in [0.15, 0.2) is 91.0 Å². The summed E-state index contributed by atoms with van der Waals surface area (Å²) >= 11 is 0. The maximum atomic E-state index is 8.99. The van der Waals surface area contributed by atoms with Crippen molar-refractivity contribution in [3.63, 3.8) is 0 Å². The number of rotatable bonds is 4. The fourth-order valence-corrected chi connectivity index (χ4v) is 3.14. The molecule has 2 heterocycles. The second kappa shape index (κ2) is 7.49. The van der Waals surface area contributed by atoms with Crippen molar-refractivity contribution in [1.29, 1.82) is 5.26 Å². The molecule has 0 atom stereocenters. The summed E-state index contributed by atoms with van der Waals surface area (Å²) in [7, 11) is 0. The van der Waals surface area contributed by atoms with E-state index in [0.717, 1.165) is 28.3 Å². The number of para-hydroxylation sites is 1. The molecule has 0 aliphatic carbocycles. The average molecular weight is 389 g/mol. The number of benzene rings is 3. The molecule has 142 valence electrons. The van der Waals surface area contributed by atoms with Gasteiger partial charge in [-0.2, -0.15) is 14.9 Å². The van der Waals surface area contributed by atoms with E-state index < -0.39 is 0 Å². The Balaban J connectivity index is 1.46. The van der Waals surface area contributed by atoms with E-state index in [1.807, 2.05) is 78.9 Å². The van der Waals surface area contributed by atoms with Crippen LogP contribution in [0.4, 0.5) is 0 Å². The Hall–Kier alpha value is -4.50. The molecule has 5 rings (SSSR count). The average Bonchev–Trinajstić information content (AvgIpc) is 3.24. The fourth-order valence-electron chi connectivity index (χ4n) is 3.14. The number of nitrogens with zero attached hydrogens (tertiary/aromatic N) is 5. The van der Waals surface area contributed by atoms with Gasteiger partial charge in [0.1, 0.15) is 11.5 Å². The molecular formula is C24H15N5O. The molecule has 0 radical (unpaired) electrons. The Kier molecular flexibility index (Phi) is 4.39. The Bertz CT molecular complexity index is 1350. The monoisotopic (exact) mass is 389 g/mol. The Morgan fingerprint density at radius 1 is 0.700 bits per heavy atom. The number of hydrogen-bond acceptors (Lipinski definition) is 5. The molecule has 0 fully saturated rings. The highest BCUT2D eigenvalue weighted by Crippen LogP contribution is 2.26. The minimum Gasteiger partial charge on any atom is -0.457 e. The van der Waals surface area contributed by atoms with E-state index in [1.165, 1.54) is 0 Å². The second-order valence-electron chi connectivity index (χ2n) is 6.64. The number of ether oxygens (including phenoxy) is 1. The van der Waals surface area contributed by atoms with Gasteiger partial charge in [0, 0.05) is 11.1 Å². The maximum absolute atomic E-state index is 8.99. The fraction of sp³-hybridized carbons (Fsp3) is 0. The molecule has 0 spiro atoms. The smallest absolute Gasteiger partial charge is 0.185 e. The molecule has 6 nitrogen and oxygen atoms in total. The van der Waals surface area contributed by atoms with Gasteiger partial charge in [0.15, 0.2) is 11.5 Å². The van der Waals surface area contributed by atoms with E-state index in [2.05, 4.69) is 16.3 Å². The third kappa shape index (κ3) is 3.36. The SMILES string of the molecule is N#Cc1ccc(-c2nnc3ccc(-c4ccc(Oc5ccccc5)cc4)nn23)cc1. The van der Waals surface area contributed by atoms with Crippen LogP contribution in [0, 0.1) is 11.3 Å². The van der Waals surface area contributed by atoms with Crippen molar-refractivity contribution in [3.05, 3.63) is 96.6 Å². The molecule has 0 unspecified atom stereocenters. The quantitative estimate of drug-likeness (QED) is 0.426. The molecule has 0 bridgehead atoms. The van der Waals surface area contributed by atoms with Crippen molar-refractivity contribution in [3.8, 4) is 40.2 Å². The van der Waals surface area contributed by atoms with Gasteiger partial charge in [-0.1, -0.05) is 18.2 Å². The van der Waals surface area contributed by atoms with E-state index in [0.29, 0.717) is 17.0 Å². The summed E-state index contributed by atoms with van der Waals surface area (Å²) in [6.45, 7) is 0. The van der Waals surface area contributed by atoms with Crippen molar-refractivity contribution in [1.82, 2.24) is 19.8 Å². The molecule has 0 aliphatic rings. The van der Waals surface area contributed by atoms with E-state index in [1.54, 1.807) is 16.6 Å². The molecule has 0 aliphatic heterocycles. The van der Waals surface area contributed by atoms with Crippen LogP contribution in [0.5, 0.6) is 11.5 Å². The van der Waals surface area contributed by atoms with Gasteiger partial charge in [-0.15, -0.1) is 10.2 Å². The zero-order valence-corrected chi connectivity index (χ0v) is 15.8. The minimum absolute atomic E-state index is 0.596. The van der Waals surface area contributed by atoms with Gasteiger partial charge in [-0.05, 0) is 72.8 Å². The first-order valence-electron chi connectivity index (χ1n) is 9.36. The minimum atomic E-state index is 0.596. The van der Waals surface area contributed by atoms with Crippen LogP contribution >= 0.6 is 0 Å². The topological polar surface area (TPSA) is 76.1 Å². The summed E-state index contributed by atoms with van der Waals surface area (Å²) in [4.78, 5) is 0. The van der Waals surface area contributed by atoms with Crippen LogP contribution in [0.1, 0.15) is 5.56 Å². The number of aromatic nitrogens is 4. The first-order valence-corrected chi connectivity index (χ1v) is 9.36. The lowest BCUT2D eigenvalue weighted by Gasteiger charge is -2.07. The van der Waals surface area contributed by atoms with E-state index in [9.17, 15) is 0 Å². The van der Waals surface area contributed by atoms with E-state index in [-0.39, 0.29) is 0 Å². The highest BCUT2D eigenvalue weighted by atomic mass is 16.5. The zero-order chi connectivity index (χ0) is 20.3. The van der Waals surface area contributed by atoms with Gasteiger partial charge in [0.25, 0.3) is 0 Å². The summed E-state index contributed by atoms with van der Waals surface area (Å²) in [5.74, 6) is 2.18. The highest BCUT2D eigenvalue weighted by Gasteiger charge is 2.11. The van der Waals surface area contributed by atoms with Crippen molar-refractivity contribution in [2.75, 3.05) is 0 Å². The van der Waals surface area contributed by atoms with Gasteiger partial charge in [0.05, 0.1) is 17.3 Å². The van der Waals surface area contributed by atoms with E-state index >= 15 is 0 Å². The lowest BCUT2D eigenvalue weighted by molar-refractivity contribution is 0.483. The predicted octanol–water partition coefficient (Wildman–Crippen LogP) is 5.12. The lowest BCUT2D eigenvalue weighted by Crippen LogP contribution is -1.97. The molecular weight excluding hydrogens is 374 g/mol. The lowest BCUT2D eigenvalue weighted by atomic mass is 10.1. The van der Waals surface area contributed by atoms with Crippen LogP contribution in [0.3, 0.4) is 0 Å². The largest absolute Gasteiger partial charge is 0.457 e. The Labute approximate surface area is 172 Å². The number of hydrogen-bond donors (Lipinski definition) is 0. The van der Waals surface area contributed by atoms with Gasteiger partial charge < -0.3 is 4.74 Å². The molecule has 0 saturated heterocycles. The predicted molar refractivity (Wildman–Crippen MR) is 113 cm³/mol. The van der Waals surface area contributed by atoms with Crippen LogP contribution in [-0.4, -0.2) is 19.8 Å². The van der Waals surface area contributed by atoms with Crippen molar-refractivity contribution >= 4 is 5.65 Å². The molecule has 0 saturated carbocycles. The van der Waals surface area contributed by atoms with Gasteiger partial charge in [0.2, 0.25) is 0 Å². The standard InChI is InChI=1S/C24H15N5O/c25-16-17-6-8-19(9-7-17)24-27-26-23-15-14-22(28-29(23)24)18-10-12-21(13-11-18)30-20-4-2-1-3-5-20/h1-15H. The summed E-state index contributed by atoms with van der Waals surface area (Å²) in [6, 6.07) is 30.6. The van der Waals surface area contributed by atoms with Crippen LogP contribution in [0.25, 0.3) is 28.3 Å². The van der Waals surface area contributed by atoms with E-state index in [4.69, 9.17) is 15.1 Å². The van der Waals surface area contributed by atoms with Crippen LogP contribution < -0.4 is 4.74 Å². The van der Waals surface area contributed by atoms with Crippen LogP contribution in [-0.2, 0) is 0 Å². The molecule has 0 amide bonds. The molecule has 6 heteroatoms. The van der Waals surface area contributed by atoms with Gasteiger partial charge in [-0.3, -0.25) is 0 Å². The normalized spacial score (nSPS) is 10.6. The Morgan fingerprint density at radius 3 is 2.13 bits per heavy atom. The number of nitriles is 1. The summed E-state index contributed by atoms with van der Waals surface area (Å²) in [6.07, 6.45) is 0. The van der Waals surface area contributed by atoms with Crippen molar-refractivity contribution < 1.29 is 4.74 Å². The second-order valence-corrected chi connectivity index (χ2v) is 6.64. The molecule has 3 aromatic carbocycles. The first-order chi connectivity index (χ1) is 14.8. The highest BCUT2D eigenvalue weighted by molar-refractivity contribution is 5.64. The summed E-state index contributed by atoms with van der Waals surface area (Å²) in [5.41, 5.74) is 3.85. The summed E-state index contributed by atoms with van der Waals surface area (Å²) in [5, 5.41) is 22.2. The van der Waals surface area contributed by atoms with Crippen molar-refractivity contribution in [2.45, 2.75) is 0 Å².